The lowest BCUT2D eigenvalue weighted by atomic mass is 10.1. The summed E-state index contributed by atoms with van der Waals surface area (Å²) < 4.78 is 3.35. The Morgan fingerprint density at radius 3 is 3.19 bits per heavy atom. The molecule has 0 aliphatic carbocycles. The maximum Gasteiger partial charge on any atom is 0.217 e. The summed E-state index contributed by atoms with van der Waals surface area (Å²) in [6.45, 7) is 2.23. The topological polar surface area (TPSA) is 30.2 Å². The number of aryl methyl sites for hydroxylation is 1. The predicted octanol–water partition coefficient (Wildman–Crippen LogP) is 3.29. The van der Waals surface area contributed by atoms with Gasteiger partial charge in [0.05, 0.1) is 10.2 Å². The van der Waals surface area contributed by atoms with Gasteiger partial charge in [0, 0.05) is 0 Å². The highest BCUT2D eigenvalue weighted by Crippen LogP contribution is 2.26. The van der Waals surface area contributed by atoms with Crippen molar-refractivity contribution in [2.45, 2.75) is 26.2 Å². The van der Waals surface area contributed by atoms with Gasteiger partial charge in [0.15, 0.2) is 0 Å². The highest BCUT2D eigenvalue weighted by molar-refractivity contribution is 7.23. The predicted molar refractivity (Wildman–Crippen MR) is 67.0 cm³/mol. The van der Waals surface area contributed by atoms with Crippen LogP contribution in [0.4, 0.5) is 0 Å². The molecule has 0 bridgehead atoms. The number of fused-ring (bicyclic) bond motifs is 3. The van der Waals surface area contributed by atoms with Gasteiger partial charge in [0.25, 0.3) is 0 Å². The van der Waals surface area contributed by atoms with Crippen LogP contribution in [0.15, 0.2) is 24.5 Å². The second-order valence-electron chi connectivity index (χ2n) is 3.99. The molecule has 0 aliphatic rings. The van der Waals surface area contributed by atoms with E-state index in [2.05, 4.69) is 35.3 Å². The van der Waals surface area contributed by atoms with Crippen molar-refractivity contribution in [3.8, 4) is 0 Å². The molecule has 4 heteroatoms. The molecule has 2 heterocycles. The number of benzene rings is 1. The molecule has 0 unspecified atom stereocenters. The first-order valence-electron chi connectivity index (χ1n) is 5.59. The summed E-state index contributed by atoms with van der Waals surface area (Å²) >= 11 is 1.71. The number of nitrogens with zero attached hydrogens (tertiary/aromatic N) is 3. The fraction of sp³-hybridized carbons (Fsp3) is 0.333. The van der Waals surface area contributed by atoms with Crippen molar-refractivity contribution in [3.05, 3.63) is 30.1 Å². The second kappa shape index (κ2) is 3.87. The molecular formula is C12H13N3S. The number of hydrogen-bond acceptors (Lipinski definition) is 3. The molecule has 1 aromatic carbocycles. The van der Waals surface area contributed by atoms with Crippen LogP contribution in [-0.2, 0) is 6.42 Å². The Morgan fingerprint density at radius 2 is 2.31 bits per heavy atom. The Balaban J connectivity index is 2.10. The standard InChI is InChI=1S/C12H13N3S/c1-2-3-4-9-5-6-10-11(7-9)16-12-14-13-8-15(10)12/h5-8H,2-4H2,1H3. The summed E-state index contributed by atoms with van der Waals surface area (Å²) in [7, 11) is 0. The van der Waals surface area contributed by atoms with Crippen LogP contribution >= 0.6 is 11.3 Å². The highest BCUT2D eigenvalue weighted by Gasteiger charge is 2.06. The van der Waals surface area contributed by atoms with Gasteiger partial charge in [0.2, 0.25) is 4.96 Å². The van der Waals surface area contributed by atoms with Crippen LogP contribution in [0.5, 0.6) is 0 Å². The zero-order chi connectivity index (χ0) is 11.0. The van der Waals surface area contributed by atoms with E-state index in [0.717, 1.165) is 4.96 Å². The third-order valence-corrected chi connectivity index (χ3v) is 3.83. The summed E-state index contributed by atoms with van der Waals surface area (Å²) in [5.74, 6) is 0. The first kappa shape index (κ1) is 9.78. The van der Waals surface area contributed by atoms with Crippen LogP contribution < -0.4 is 0 Å². The summed E-state index contributed by atoms with van der Waals surface area (Å²) in [5, 5.41) is 7.99. The van der Waals surface area contributed by atoms with E-state index in [0.29, 0.717) is 0 Å². The van der Waals surface area contributed by atoms with Crippen LogP contribution in [0.3, 0.4) is 0 Å². The zero-order valence-electron chi connectivity index (χ0n) is 9.18. The molecule has 2 aromatic heterocycles. The Kier molecular flexibility index (Phi) is 2.36. The van der Waals surface area contributed by atoms with Gasteiger partial charge in [-0.3, -0.25) is 4.40 Å². The van der Waals surface area contributed by atoms with Gasteiger partial charge in [0.1, 0.15) is 6.33 Å². The van der Waals surface area contributed by atoms with Crippen molar-refractivity contribution in [2.75, 3.05) is 0 Å². The molecule has 82 valence electrons. The molecule has 0 fully saturated rings. The van der Waals surface area contributed by atoms with Crippen LogP contribution in [0, 0.1) is 0 Å². The highest BCUT2D eigenvalue weighted by atomic mass is 32.1. The Labute approximate surface area is 97.7 Å². The largest absolute Gasteiger partial charge is 0.272 e. The number of hydrogen-bond donors (Lipinski definition) is 0. The number of rotatable bonds is 3. The van der Waals surface area contributed by atoms with Gasteiger partial charge >= 0.3 is 0 Å². The molecule has 0 saturated carbocycles. The lowest BCUT2D eigenvalue weighted by Crippen LogP contribution is -1.84. The van der Waals surface area contributed by atoms with E-state index >= 15 is 0 Å². The van der Waals surface area contributed by atoms with E-state index < -0.39 is 0 Å². The maximum absolute atomic E-state index is 4.08. The van der Waals surface area contributed by atoms with E-state index in [1.165, 1.54) is 35.0 Å². The number of thiazole rings is 1. The monoisotopic (exact) mass is 231 g/mol. The summed E-state index contributed by atoms with van der Waals surface area (Å²) in [5.41, 5.74) is 2.64. The number of unbranched alkanes of at least 4 members (excludes halogenated alkanes) is 1. The molecule has 0 N–H and O–H groups in total. The molecule has 0 radical (unpaired) electrons. The van der Waals surface area contributed by atoms with Gasteiger partial charge in [-0.25, -0.2) is 0 Å². The third kappa shape index (κ3) is 1.50. The first-order chi connectivity index (χ1) is 7.88. The van der Waals surface area contributed by atoms with Crippen molar-refractivity contribution >= 4 is 26.5 Å². The molecule has 0 saturated heterocycles. The van der Waals surface area contributed by atoms with Crippen molar-refractivity contribution < 1.29 is 0 Å². The lowest BCUT2D eigenvalue weighted by Gasteiger charge is -1.99. The average Bonchev–Trinajstić information content (AvgIpc) is 2.85. The van der Waals surface area contributed by atoms with Crippen molar-refractivity contribution in [2.24, 2.45) is 0 Å². The maximum atomic E-state index is 4.08. The van der Waals surface area contributed by atoms with Gasteiger partial charge < -0.3 is 0 Å². The Bertz CT molecular complexity index is 623. The van der Waals surface area contributed by atoms with Crippen LogP contribution in [0.25, 0.3) is 15.2 Å². The minimum absolute atomic E-state index is 0.975. The molecule has 0 aliphatic heterocycles. The second-order valence-corrected chi connectivity index (χ2v) is 5.00. The third-order valence-electron chi connectivity index (χ3n) is 2.82. The van der Waals surface area contributed by atoms with Gasteiger partial charge in [-0.05, 0) is 30.5 Å². The Hall–Kier alpha value is -1.42. The van der Waals surface area contributed by atoms with Crippen molar-refractivity contribution in [1.82, 2.24) is 14.6 Å². The molecule has 3 nitrogen and oxygen atoms in total. The van der Waals surface area contributed by atoms with Crippen LogP contribution in [0.1, 0.15) is 25.3 Å². The smallest absolute Gasteiger partial charge is 0.217 e. The molecular weight excluding hydrogens is 218 g/mol. The quantitative estimate of drug-likeness (QED) is 0.692. The SMILES string of the molecule is CCCCc1ccc2c(c1)sc1nncn12. The Morgan fingerprint density at radius 1 is 1.38 bits per heavy atom. The summed E-state index contributed by atoms with van der Waals surface area (Å²) in [4.78, 5) is 0.975. The minimum atomic E-state index is 0.975. The normalized spacial score (nSPS) is 11.6. The molecule has 16 heavy (non-hydrogen) atoms. The zero-order valence-corrected chi connectivity index (χ0v) is 10.00. The van der Waals surface area contributed by atoms with Crippen molar-refractivity contribution in [3.63, 3.8) is 0 Å². The number of aromatic nitrogens is 3. The van der Waals surface area contributed by atoms with Gasteiger partial charge in [-0.2, -0.15) is 0 Å². The fourth-order valence-electron chi connectivity index (χ4n) is 1.93. The van der Waals surface area contributed by atoms with Gasteiger partial charge in [-0.15, -0.1) is 10.2 Å². The lowest BCUT2D eigenvalue weighted by molar-refractivity contribution is 0.796. The van der Waals surface area contributed by atoms with Crippen LogP contribution in [-0.4, -0.2) is 14.6 Å². The van der Waals surface area contributed by atoms with E-state index in [4.69, 9.17) is 0 Å². The fourth-order valence-corrected chi connectivity index (χ4v) is 2.94. The summed E-state index contributed by atoms with van der Waals surface area (Å²) in [6.07, 6.45) is 5.45. The van der Waals surface area contributed by atoms with Gasteiger partial charge in [-0.1, -0.05) is 30.7 Å². The molecule has 3 rings (SSSR count). The molecule has 3 aromatic rings. The first-order valence-corrected chi connectivity index (χ1v) is 6.41. The summed E-state index contributed by atoms with van der Waals surface area (Å²) in [6, 6.07) is 6.67. The van der Waals surface area contributed by atoms with E-state index in [-0.39, 0.29) is 0 Å². The van der Waals surface area contributed by atoms with Crippen molar-refractivity contribution in [1.29, 1.82) is 0 Å². The molecule has 0 amide bonds. The minimum Gasteiger partial charge on any atom is -0.272 e. The van der Waals surface area contributed by atoms with E-state index in [1.807, 2.05) is 4.40 Å². The molecule has 0 atom stereocenters. The molecule has 0 spiro atoms. The van der Waals surface area contributed by atoms with E-state index in [9.17, 15) is 0 Å². The average molecular weight is 231 g/mol. The van der Waals surface area contributed by atoms with E-state index in [1.54, 1.807) is 17.7 Å². The van der Waals surface area contributed by atoms with Crippen LogP contribution in [0.2, 0.25) is 0 Å².